The fourth-order valence-corrected chi connectivity index (χ4v) is 4.97. The normalized spacial score (nSPS) is 12.8. The quantitative estimate of drug-likeness (QED) is 0.252. The van der Waals surface area contributed by atoms with Gasteiger partial charge in [0.2, 0.25) is 0 Å². The van der Waals surface area contributed by atoms with E-state index in [1.54, 1.807) is 16.8 Å². The van der Waals surface area contributed by atoms with Gasteiger partial charge in [0.1, 0.15) is 11.9 Å². The summed E-state index contributed by atoms with van der Waals surface area (Å²) in [6.07, 6.45) is 6.43. The molecule has 0 radical (unpaired) electrons. The topological polar surface area (TPSA) is 78.7 Å². The molecule has 0 aliphatic rings. The minimum Gasteiger partial charge on any atom is -0.286 e. The van der Waals surface area contributed by atoms with Gasteiger partial charge in [0.15, 0.2) is 11.5 Å². The SMILES string of the molecule is Cc1c(-c2nccc(-c3cnn([C@H](c4ccc(F)cc4)C(C)(F)F)c3)n2)ccn2nc(-n3c(C)ccc3C)nc12. The van der Waals surface area contributed by atoms with E-state index in [1.165, 1.54) is 29.2 Å². The van der Waals surface area contributed by atoms with Crippen LogP contribution in [0.1, 0.15) is 35.5 Å². The monoisotopic (exact) mass is 542 g/mol. The lowest BCUT2D eigenvalue weighted by molar-refractivity contribution is -0.0217. The van der Waals surface area contributed by atoms with Crippen molar-refractivity contribution in [2.75, 3.05) is 0 Å². The summed E-state index contributed by atoms with van der Waals surface area (Å²) in [5, 5.41) is 8.86. The van der Waals surface area contributed by atoms with Crippen LogP contribution in [-0.2, 0) is 0 Å². The Morgan fingerprint density at radius 3 is 2.33 bits per heavy atom. The summed E-state index contributed by atoms with van der Waals surface area (Å²) in [6.45, 7) is 6.76. The van der Waals surface area contributed by atoms with Crippen molar-refractivity contribution in [2.45, 2.75) is 39.7 Å². The first-order chi connectivity index (χ1) is 19.1. The van der Waals surface area contributed by atoms with Gasteiger partial charge >= 0.3 is 0 Å². The first kappa shape index (κ1) is 25.5. The zero-order valence-corrected chi connectivity index (χ0v) is 22.2. The Morgan fingerprint density at radius 1 is 0.900 bits per heavy atom. The van der Waals surface area contributed by atoms with Crippen molar-refractivity contribution in [2.24, 2.45) is 0 Å². The van der Waals surface area contributed by atoms with E-state index in [1.807, 2.05) is 49.7 Å². The van der Waals surface area contributed by atoms with E-state index in [0.717, 1.165) is 41.6 Å². The number of benzene rings is 1. The Hall–Kier alpha value is -4.80. The predicted octanol–water partition coefficient (Wildman–Crippen LogP) is 6.15. The third-order valence-corrected chi connectivity index (χ3v) is 6.94. The lowest BCUT2D eigenvalue weighted by Gasteiger charge is -2.24. The Kier molecular flexibility index (Phi) is 6.01. The highest BCUT2D eigenvalue weighted by molar-refractivity contribution is 5.70. The molecule has 6 rings (SSSR count). The maximum absolute atomic E-state index is 14.7. The second-order valence-corrected chi connectivity index (χ2v) is 9.87. The van der Waals surface area contributed by atoms with E-state index < -0.39 is 17.8 Å². The molecule has 0 bridgehead atoms. The number of pyridine rings is 1. The minimum absolute atomic E-state index is 0.244. The average Bonchev–Trinajstić information content (AvgIpc) is 3.64. The number of aryl methyl sites for hydroxylation is 3. The molecule has 1 aromatic carbocycles. The van der Waals surface area contributed by atoms with E-state index in [9.17, 15) is 13.2 Å². The van der Waals surface area contributed by atoms with Crippen LogP contribution in [0.4, 0.5) is 13.2 Å². The van der Waals surface area contributed by atoms with Crippen LogP contribution >= 0.6 is 0 Å². The fourth-order valence-electron chi connectivity index (χ4n) is 4.97. The van der Waals surface area contributed by atoms with Gasteiger partial charge in [0, 0.05) is 53.6 Å². The molecule has 202 valence electrons. The summed E-state index contributed by atoms with van der Waals surface area (Å²) in [7, 11) is 0. The highest BCUT2D eigenvalue weighted by atomic mass is 19.3. The van der Waals surface area contributed by atoms with Crippen LogP contribution in [-0.4, -0.2) is 44.8 Å². The summed E-state index contributed by atoms with van der Waals surface area (Å²) in [6, 6.07) is 11.2. The van der Waals surface area contributed by atoms with Crippen LogP contribution in [0, 0.1) is 26.6 Å². The predicted molar refractivity (Wildman–Crippen MR) is 144 cm³/mol. The van der Waals surface area contributed by atoms with E-state index in [0.29, 0.717) is 28.7 Å². The Labute approximate surface area is 227 Å². The number of hydrogen-bond donors (Lipinski definition) is 0. The molecule has 0 saturated heterocycles. The third kappa shape index (κ3) is 4.42. The molecule has 0 unspecified atom stereocenters. The second-order valence-electron chi connectivity index (χ2n) is 9.87. The first-order valence-electron chi connectivity index (χ1n) is 12.6. The van der Waals surface area contributed by atoms with Gasteiger partial charge in [-0.15, -0.1) is 5.10 Å². The Morgan fingerprint density at radius 2 is 1.62 bits per heavy atom. The zero-order chi connectivity index (χ0) is 28.2. The van der Waals surface area contributed by atoms with E-state index in [-0.39, 0.29) is 5.56 Å². The fraction of sp³-hybridized carbons (Fsp3) is 0.207. The van der Waals surface area contributed by atoms with Crippen molar-refractivity contribution >= 4 is 5.65 Å². The van der Waals surface area contributed by atoms with Crippen LogP contribution in [0.5, 0.6) is 0 Å². The van der Waals surface area contributed by atoms with Crippen molar-refractivity contribution in [1.82, 2.24) is 38.9 Å². The second kappa shape index (κ2) is 9.44. The maximum Gasteiger partial charge on any atom is 0.271 e. The number of nitrogens with zero attached hydrogens (tertiary/aromatic N) is 8. The molecule has 0 N–H and O–H groups in total. The van der Waals surface area contributed by atoms with Crippen molar-refractivity contribution in [1.29, 1.82) is 0 Å². The van der Waals surface area contributed by atoms with Crippen LogP contribution in [0.15, 0.2) is 73.3 Å². The van der Waals surface area contributed by atoms with Crippen LogP contribution in [0.2, 0.25) is 0 Å². The maximum atomic E-state index is 14.7. The van der Waals surface area contributed by atoms with Gasteiger partial charge in [0.25, 0.3) is 11.9 Å². The van der Waals surface area contributed by atoms with Gasteiger partial charge in [-0.25, -0.2) is 27.7 Å². The van der Waals surface area contributed by atoms with E-state index >= 15 is 0 Å². The molecule has 40 heavy (non-hydrogen) atoms. The lowest BCUT2D eigenvalue weighted by Crippen LogP contribution is -2.29. The summed E-state index contributed by atoms with van der Waals surface area (Å²) in [4.78, 5) is 14.0. The molecule has 0 saturated carbocycles. The molecule has 5 heterocycles. The molecule has 0 aliphatic carbocycles. The zero-order valence-electron chi connectivity index (χ0n) is 22.2. The molecule has 11 heteroatoms. The van der Waals surface area contributed by atoms with E-state index in [4.69, 9.17) is 9.97 Å². The van der Waals surface area contributed by atoms with E-state index in [2.05, 4.69) is 15.2 Å². The molecule has 6 aromatic rings. The number of fused-ring (bicyclic) bond motifs is 1. The molecular formula is C29H25F3N8. The average molecular weight is 543 g/mol. The van der Waals surface area contributed by atoms with Gasteiger partial charge in [0.05, 0.1) is 11.9 Å². The molecular weight excluding hydrogens is 517 g/mol. The minimum atomic E-state index is -3.15. The molecule has 0 aliphatic heterocycles. The van der Waals surface area contributed by atoms with Gasteiger partial charge in [-0.3, -0.25) is 9.25 Å². The number of alkyl halides is 2. The van der Waals surface area contributed by atoms with Gasteiger partial charge in [-0.1, -0.05) is 12.1 Å². The lowest BCUT2D eigenvalue weighted by atomic mass is 10.0. The Balaban J connectivity index is 1.36. The molecule has 1 atom stereocenters. The van der Waals surface area contributed by atoms with Gasteiger partial charge < -0.3 is 0 Å². The van der Waals surface area contributed by atoms with Crippen LogP contribution in [0.3, 0.4) is 0 Å². The molecule has 0 amide bonds. The van der Waals surface area contributed by atoms with Gasteiger partial charge in [-0.2, -0.15) is 10.1 Å². The van der Waals surface area contributed by atoms with Crippen molar-refractivity contribution < 1.29 is 13.2 Å². The Bertz CT molecular complexity index is 1820. The highest BCUT2D eigenvalue weighted by Crippen LogP contribution is 2.35. The highest BCUT2D eigenvalue weighted by Gasteiger charge is 2.37. The number of hydrogen-bond acceptors (Lipinski definition) is 5. The summed E-state index contributed by atoms with van der Waals surface area (Å²) >= 11 is 0. The van der Waals surface area contributed by atoms with Crippen molar-refractivity contribution in [3.05, 3.63) is 102 Å². The molecule has 5 aromatic heterocycles. The van der Waals surface area contributed by atoms with Crippen LogP contribution < -0.4 is 0 Å². The molecule has 8 nitrogen and oxygen atoms in total. The largest absolute Gasteiger partial charge is 0.286 e. The smallest absolute Gasteiger partial charge is 0.271 e. The summed E-state index contributed by atoms with van der Waals surface area (Å²) in [5.41, 5.74) is 5.67. The summed E-state index contributed by atoms with van der Waals surface area (Å²) < 4.78 is 47.7. The number of halogens is 3. The molecule has 0 fully saturated rings. The van der Waals surface area contributed by atoms with Gasteiger partial charge in [-0.05, 0) is 62.7 Å². The van der Waals surface area contributed by atoms with Crippen molar-refractivity contribution in [3.8, 4) is 28.6 Å². The first-order valence-corrected chi connectivity index (χ1v) is 12.6. The number of rotatable bonds is 6. The van der Waals surface area contributed by atoms with Crippen LogP contribution in [0.25, 0.3) is 34.2 Å². The summed E-state index contributed by atoms with van der Waals surface area (Å²) in [5.74, 6) is -2.62. The third-order valence-electron chi connectivity index (χ3n) is 6.94. The number of aromatic nitrogens is 8. The van der Waals surface area contributed by atoms with Crippen molar-refractivity contribution in [3.63, 3.8) is 0 Å². The standard InChI is InChI=1S/C29H25F3N8/c1-17-5-6-18(2)40(17)28-36-27-19(3)23(12-14-38(27)37-28)26-33-13-11-24(35-26)21-15-34-39(16-21)25(29(4,31)32)20-7-9-22(30)10-8-20/h5-16,25H,1-4H3/t25-/m1/s1. The molecule has 0 spiro atoms.